The van der Waals surface area contributed by atoms with E-state index in [9.17, 15) is 0 Å². The van der Waals surface area contributed by atoms with Crippen LogP contribution in [0.25, 0.3) is 0 Å². The van der Waals surface area contributed by atoms with Crippen molar-refractivity contribution in [3.8, 4) is 0 Å². The molecule has 0 aromatic carbocycles. The van der Waals surface area contributed by atoms with Crippen LogP contribution >= 0.6 is 0 Å². The van der Waals surface area contributed by atoms with Gasteiger partial charge in [-0.3, -0.25) is 0 Å². The first-order valence-corrected chi connectivity index (χ1v) is 8.41. The van der Waals surface area contributed by atoms with Crippen molar-refractivity contribution >= 4 is 0 Å². The molecule has 0 radical (unpaired) electrons. The van der Waals surface area contributed by atoms with Gasteiger partial charge in [-0.2, -0.15) is 0 Å². The zero-order chi connectivity index (χ0) is 14.9. The molecule has 2 unspecified atom stereocenters. The third-order valence-corrected chi connectivity index (χ3v) is 4.69. The standard InChI is InChI=1S/C18H29NO2/c1-13-6-16(9-18(2,3)8-13)21-12-17-7-14(11-20-17)10-19-15-4-5-15/h7,11,13,15-16,19H,4-6,8-10,12H2,1-3H3. The molecular weight excluding hydrogens is 262 g/mol. The Bertz CT molecular complexity index is 462. The molecule has 2 atom stereocenters. The predicted octanol–water partition coefficient (Wildman–Crippen LogP) is 4.26. The van der Waals surface area contributed by atoms with Crippen LogP contribution < -0.4 is 5.32 Å². The second-order valence-corrected chi connectivity index (χ2v) is 7.92. The van der Waals surface area contributed by atoms with Crippen LogP contribution in [0.2, 0.25) is 0 Å². The van der Waals surface area contributed by atoms with Gasteiger partial charge in [-0.15, -0.1) is 0 Å². The highest BCUT2D eigenvalue weighted by atomic mass is 16.5. The zero-order valence-corrected chi connectivity index (χ0v) is 13.7. The molecule has 1 N–H and O–H groups in total. The van der Waals surface area contributed by atoms with Gasteiger partial charge >= 0.3 is 0 Å². The molecule has 2 saturated carbocycles. The highest BCUT2D eigenvalue weighted by Crippen LogP contribution is 2.39. The first-order chi connectivity index (χ1) is 10.00. The number of ether oxygens (including phenoxy) is 1. The fraction of sp³-hybridized carbons (Fsp3) is 0.778. The minimum Gasteiger partial charge on any atom is -0.467 e. The van der Waals surface area contributed by atoms with E-state index in [0.29, 0.717) is 18.1 Å². The molecular formula is C18H29NO2. The fourth-order valence-electron chi connectivity index (χ4n) is 3.73. The van der Waals surface area contributed by atoms with Crippen molar-refractivity contribution in [2.75, 3.05) is 0 Å². The molecule has 0 bridgehead atoms. The third-order valence-electron chi connectivity index (χ3n) is 4.69. The van der Waals surface area contributed by atoms with Gasteiger partial charge in [0, 0.05) is 18.2 Å². The van der Waals surface area contributed by atoms with Crippen molar-refractivity contribution in [2.45, 2.75) is 78.2 Å². The molecule has 3 nitrogen and oxygen atoms in total. The van der Waals surface area contributed by atoms with Crippen LogP contribution in [0.3, 0.4) is 0 Å². The van der Waals surface area contributed by atoms with Gasteiger partial charge in [0.05, 0.1) is 12.4 Å². The first-order valence-electron chi connectivity index (χ1n) is 8.41. The molecule has 2 fully saturated rings. The van der Waals surface area contributed by atoms with Crippen molar-refractivity contribution in [1.29, 1.82) is 0 Å². The maximum atomic E-state index is 6.11. The molecule has 3 heteroatoms. The van der Waals surface area contributed by atoms with Gasteiger partial charge in [-0.25, -0.2) is 0 Å². The summed E-state index contributed by atoms with van der Waals surface area (Å²) in [5, 5.41) is 3.51. The van der Waals surface area contributed by atoms with E-state index in [1.807, 2.05) is 6.26 Å². The molecule has 1 heterocycles. The molecule has 118 valence electrons. The number of hydrogen-bond donors (Lipinski definition) is 1. The van der Waals surface area contributed by atoms with Crippen LogP contribution in [-0.4, -0.2) is 12.1 Å². The number of rotatable bonds is 6. The summed E-state index contributed by atoms with van der Waals surface area (Å²) in [5.74, 6) is 1.72. The molecule has 21 heavy (non-hydrogen) atoms. The highest BCUT2D eigenvalue weighted by molar-refractivity contribution is 5.12. The molecule has 0 saturated heterocycles. The lowest BCUT2D eigenvalue weighted by Crippen LogP contribution is -2.32. The van der Waals surface area contributed by atoms with Crippen LogP contribution in [0, 0.1) is 11.3 Å². The zero-order valence-electron chi connectivity index (χ0n) is 13.7. The summed E-state index contributed by atoms with van der Waals surface area (Å²) in [5.41, 5.74) is 1.64. The van der Waals surface area contributed by atoms with E-state index >= 15 is 0 Å². The van der Waals surface area contributed by atoms with E-state index in [0.717, 1.165) is 30.7 Å². The Labute approximate surface area is 128 Å². The molecule has 0 aliphatic heterocycles. The van der Waals surface area contributed by atoms with Gasteiger partial charge < -0.3 is 14.5 Å². The molecule has 2 aliphatic carbocycles. The summed E-state index contributed by atoms with van der Waals surface area (Å²) in [6.45, 7) is 8.57. The fourth-order valence-corrected chi connectivity index (χ4v) is 3.73. The second-order valence-electron chi connectivity index (χ2n) is 7.92. The summed E-state index contributed by atoms with van der Waals surface area (Å²) in [4.78, 5) is 0. The Balaban J connectivity index is 1.45. The maximum absolute atomic E-state index is 6.11. The number of hydrogen-bond acceptors (Lipinski definition) is 3. The average Bonchev–Trinajstić information content (AvgIpc) is 3.10. The Morgan fingerprint density at radius 3 is 2.86 bits per heavy atom. The third kappa shape index (κ3) is 4.58. The van der Waals surface area contributed by atoms with Gasteiger partial charge in [0.1, 0.15) is 12.4 Å². The minimum absolute atomic E-state index is 0.377. The minimum atomic E-state index is 0.377. The van der Waals surface area contributed by atoms with Crippen LogP contribution in [0.4, 0.5) is 0 Å². The van der Waals surface area contributed by atoms with E-state index in [2.05, 4.69) is 32.2 Å². The Hall–Kier alpha value is -0.800. The van der Waals surface area contributed by atoms with Gasteiger partial charge in [0.2, 0.25) is 0 Å². The lowest BCUT2D eigenvalue weighted by Gasteiger charge is -2.38. The topological polar surface area (TPSA) is 34.4 Å². The van der Waals surface area contributed by atoms with Gasteiger partial charge in [-0.05, 0) is 49.5 Å². The van der Waals surface area contributed by atoms with E-state index in [4.69, 9.17) is 9.15 Å². The van der Waals surface area contributed by atoms with Crippen LogP contribution in [-0.2, 0) is 17.9 Å². The smallest absolute Gasteiger partial charge is 0.129 e. The van der Waals surface area contributed by atoms with E-state index < -0.39 is 0 Å². The summed E-state index contributed by atoms with van der Waals surface area (Å²) in [7, 11) is 0. The molecule has 0 amide bonds. The van der Waals surface area contributed by atoms with Crippen molar-refractivity contribution in [2.24, 2.45) is 11.3 Å². The lowest BCUT2D eigenvalue weighted by molar-refractivity contribution is -0.0368. The average molecular weight is 291 g/mol. The molecule has 1 aromatic heterocycles. The summed E-state index contributed by atoms with van der Waals surface area (Å²) in [6, 6.07) is 2.87. The van der Waals surface area contributed by atoms with Crippen LogP contribution in [0.5, 0.6) is 0 Å². The van der Waals surface area contributed by atoms with Crippen molar-refractivity contribution in [3.05, 3.63) is 23.7 Å². The highest BCUT2D eigenvalue weighted by Gasteiger charge is 2.32. The van der Waals surface area contributed by atoms with E-state index in [1.54, 1.807) is 0 Å². The quantitative estimate of drug-likeness (QED) is 0.850. The molecule has 3 rings (SSSR count). The molecule has 2 aliphatic rings. The Kier molecular flexibility index (Phi) is 4.41. The van der Waals surface area contributed by atoms with Gasteiger partial charge in [0.25, 0.3) is 0 Å². The normalized spacial score (nSPS) is 28.7. The van der Waals surface area contributed by atoms with Crippen LogP contribution in [0.15, 0.2) is 16.7 Å². The summed E-state index contributed by atoms with van der Waals surface area (Å²) >= 11 is 0. The summed E-state index contributed by atoms with van der Waals surface area (Å²) < 4.78 is 11.7. The van der Waals surface area contributed by atoms with Crippen molar-refractivity contribution < 1.29 is 9.15 Å². The number of nitrogens with one attached hydrogen (secondary N) is 1. The van der Waals surface area contributed by atoms with Crippen LogP contribution in [0.1, 0.15) is 64.2 Å². The lowest BCUT2D eigenvalue weighted by atomic mass is 9.71. The molecule has 0 spiro atoms. The van der Waals surface area contributed by atoms with Gasteiger partial charge in [0.15, 0.2) is 0 Å². The maximum Gasteiger partial charge on any atom is 0.129 e. The Morgan fingerprint density at radius 2 is 2.14 bits per heavy atom. The van der Waals surface area contributed by atoms with Crippen molar-refractivity contribution in [1.82, 2.24) is 5.32 Å². The Morgan fingerprint density at radius 1 is 1.33 bits per heavy atom. The first kappa shape index (κ1) is 15.1. The van der Waals surface area contributed by atoms with Gasteiger partial charge in [-0.1, -0.05) is 20.8 Å². The summed E-state index contributed by atoms with van der Waals surface area (Å²) in [6.07, 6.45) is 8.54. The largest absolute Gasteiger partial charge is 0.467 e. The number of furan rings is 1. The van der Waals surface area contributed by atoms with E-state index in [1.165, 1.54) is 31.2 Å². The monoisotopic (exact) mass is 291 g/mol. The van der Waals surface area contributed by atoms with E-state index in [-0.39, 0.29) is 0 Å². The predicted molar refractivity (Wildman–Crippen MR) is 83.9 cm³/mol. The SMILES string of the molecule is CC1CC(OCc2cc(CNC3CC3)co2)CC(C)(C)C1. The second kappa shape index (κ2) is 6.13. The molecule has 1 aromatic rings. The van der Waals surface area contributed by atoms with Crippen molar-refractivity contribution in [3.63, 3.8) is 0 Å².